The van der Waals surface area contributed by atoms with Crippen molar-refractivity contribution in [3.63, 3.8) is 0 Å². The third-order valence-electron chi connectivity index (χ3n) is 3.71. The standard InChI is InChI=1S/C13H20N4O2/c1-9-14-13(19-16-9)10-3-2-6-17(7-10)8-12(18)15-11-4-5-11/h10-11H,2-8H2,1H3,(H,15,18). The fourth-order valence-electron chi connectivity index (χ4n) is 2.58. The Hall–Kier alpha value is -1.43. The molecule has 104 valence electrons. The minimum absolute atomic E-state index is 0.143. The van der Waals surface area contributed by atoms with Crippen molar-refractivity contribution < 1.29 is 9.32 Å². The predicted octanol–water partition coefficient (Wildman–Crippen LogP) is 0.836. The first-order valence-corrected chi connectivity index (χ1v) is 7.02. The van der Waals surface area contributed by atoms with Gasteiger partial charge in [-0.25, -0.2) is 0 Å². The highest BCUT2D eigenvalue weighted by Crippen LogP contribution is 2.25. The van der Waals surface area contributed by atoms with Crippen molar-refractivity contribution in [1.82, 2.24) is 20.4 Å². The van der Waals surface area contributed by atoms with E-state index in [4.69, 9.17) is 4.52 Å². The SMILES string of the molecule is Cc1noc(C2CCCN(CC(=O)NC3CC3)C2)n1. The van der Waals surface area contributed by atoms with E-state index < -0.39 is 0 Å². The molecule has 1 amide bonds. The topological polar surface area (TPSA) is 71.3 Å². The summed E-state index contributed by atoms with van der Waals surface area (Å²) in [6.07, 6.45) is 4.40. The molecule has 1 aromatic heterocycles. The highest BCUT2D eigenvalue weighted by molar-refractivity contribution is 5.78. The number of nitrogens with one attached hydrogen (secondary N) is 1. The van der Waals surface area contributed by atoms with Crippen LogP contribution in [-0.2, 0) is 4.79 Å². The van der Waals surface area contributed by atoms with Crippen LogP contribution < -0.4 is 5.32 Å². The number of hydrogen-bond donors (Lipinski definition) is 1. The van der Waals surface area contributed by atoms with E-state index in [9.17, 15) is 4.79 Å². The highest BCUT2D eigenvalue weighted by Gasteiger charge is 2.28. The third-order valence-corrected chi connectivity index (χ3v) is 3.71. The Bertz CT molecular complexity index is 455. The van der Waals surface area contributed by atoms with Crippen molar-refractivity contribution in [3.05, 3.63) is 11.7 Å². The van der Waals surface area contributed by atoms with Crippen LogP contribution in [0.15, 0.2) is 4.52 Å². The van der Waals surface area contributed by atoms with Gasteiger partial charge in [0.2, 0.25) is 11.8 Å². The summed E-state index contributed by atoms with van der Waals surface area (Å²) in [5.74, 6) is 1.80. The summed E-state index contributed by atoms with van der Waals surface area (Å²) in [5, 5.41) is 6.87. The van der Waals surface area contributed by atoms with Gasteiger partial charge < -0.3 is 9.84 Å². The van der Waals surface area contributed by atoms with Crippen molar-refractivity contribution in [2.45, 2.75) is 44.6 Å². The van der Waals surface area contributed by atoms with E-state index in [0.717, 1.165) is 38.8 Å². The van der Waals surface area contributed by atoms with Crippen molar-refractivity contribution in [2.24, 2.45) is 0 Å². The van der Waals surface area contributed by atoms with E-state index in [-0.39, 0.29) is 11.8 Å². The van der Waals surface area contributed by atoms with Gasteiger partial charge in [-0.15, -0.1) is 0 Å². The first kappa shape index (κ1) is 12.6. The Kier molecular flexibility index (Phi) is 3.50. The van der Waals surface area contributed by atoms with Crippen LogP contribution in [0.3, 0.4) is 0 Å². The number of piperidine rings is 1. The molecule has 0 aromatic carbocycles. The maximum Gasteiger partial charge on any atom is 0.234 e. The third kappa shape index (κ3) is 3.32. The van der Waals surface area contributed by atoms with Gasteiger partial charge in [0, 0.05) is 12.6 Å². The van der Waals surface area contributed by atoms with Crippen LogP contribution >= 0.6 is 0 Å². The molecule has 0 radical (unpaired) electrons. The number of carbonyl (C=O) groups excluding carboxylic acids is 1. The summed E-state index contributed by atoms with van der Waals surface area (Å²) in [6.45, 7) is 4.12. The van der Waals surface area contributed by atoms with E-state index in [1.54, 1.807) is 0 Å². The van der Waals surface area contributed by atoms with Crippen LogP contribution in [0.5, 0.6) is 0 Å². The number of aromatic nitrogens is 2. The van der Waals surface area contributed by atoms with Crippen LogP contribution in [0.1, 0.15) is 43.3 Å². The van der Waals surface area contributed by atoms with Crippen molar-refractivity contribution in [1.29, 1.82) is 0 Å². The average Bonchev–Trinajstić information content (AvgIpc) is 3.08. The molecule has 19 heavy (non-hydrogen) atoms. The second kappa shape index (κ2) is 5.28. The molecule has 1 aliphatic heterocycles. The first-order chi connectivity index (χ1) is 9.20. The fraction of sp³-hybridized carbons (Fsp3) is 0.769. The smallest absolute Gasteiger partial charge is 0.234 e. The molecule has 3 rings (SSSR count). The second-order valence-corrected chi connectivity index (χ2v) is 5.60. The molecule has 1 unspecified atom stereocenters. The fourth-order valence-corrected chi connectivity index (χ4v) is 2.58. The molecule has 1 aliphatic carbocycles. The van der Waals surface area contributed by atoms with Crippen molar-refractivity contribution in [3.8, 4) is 0 Å². The normalized spacial score (nSPS) is 24.4. The zero-order valence-corrected chi connectivity index (χ0v) is 11.3. The zero-order valence-electron chi connectivity index (χ0n) is 11.3. The van der Waals surface area contributed by atoms with Gasteiger partial charge in [-0.05, 0) is 39.2 Å². The van der Waals surface area contributed by atoms with Crippen molar-refractivity contribution in [2.75, 3.05) is 19.6 Å². The second-order valence-electron chi connectivity index (χ2n) is 5.60. The lowest BCUT2D eigenvalue weighted by molar-refractivity contribution is -0.122. The maximum atomic E-state index is 11.8. The zero-order chi connectivity index (χ0) is 13.2. The molecule has 1 aromatic rings. The molecule has 6 nitrogen and oxygen atoms in total. The van der Waals surface area contributed by atoms with Gasteiger partial charge in [-0.3, -0.25) is 9.69 Å². The van der Waals surface area contributed by atoms with Crippen LogP contribution in [0.4, 0.5) is 0 Å². The molecular weight excluding hydrogens is 244 g/mol. The lowest BCUT2D eigenvalue weighted by Gasteiger charge is -2.30. The van der Waals surface area contributed by atoms with Gasteiger partial charge >= 0.3 is 0 Å². The Morgan fingerprint density at radius 3 is 3.00 bits per heavy atom. The molecule has 0 bridgehead atoms. The number of aryl methyl sites for hydroxylation is 1. The molecule has 6 heteroatoms. The summed E-state index contributed by atoms with van der Waals surface area (Å²) < 4.78 is 5.24. The van der Waals surface area contributed by atoms with E-state index in [1.165, 1.54) is 0 Å². The first-order valence-electron chi connectivity index (χ1n) is 7.02. The lowest BCUT2D eigenvalue weighted by atomic mass is 9.98. The van der Waals surface area contributed by atoms with Gasteiger partial charge in [0.25, 0.3) is 0 Å². The van der Waals surface area contributed by atoms with Crippen LogP contribution in [0.25, 0.3) is 0 Å². The average molecular weight is 264 g/mol. The van der Waals surface area contributed by atoms with Gasteiger partial charge in [0.05, 0.1) is 12.5 Å². The van der Waals surface area contributed by atoms with Crippen LogP contribution in [0, 0.1) is 6.92 Å². The lowest BCUT2D eigenvalue weighted by Crippen LogP contribution is -2.42. The number of amides is 1. The highest BCUT2D eigenvalue weighted by atomic mass is 16.5. The molecule has 1 saturated carbocycles. The molecule has 2 aliphatic rings. The Labute approximate surface area is 112 Å². The van der Waals surface area contributed by atoms with E-state index in [1.807, 2.05) is 6.92 Å². The van der Waals surface area contributed by atoms with Crippen LogP contribution in [-0.4, -0.2) is 46.6 Å². The quantitative estimate of drug-likeness (QED) is 0.872. The molecule has 2 fully saturated rings. The number of hydrogen-bond acceptors (Lipinski definition) is 5. The summed E-state index contributed by atoms with van der Waals surface area (Å²) in [4.78, 5) is 18.3. The molecule has 0 spiro atoms. The van der Waals surface area contributed by atoms with Gasteiger partial charge in [0.15, 0.2) is 5.82 Å². The van der Waals surface area contributed by atoms with Gasteiger partial charge in [0.1, 0.15) is 0 Å². The molecule has 2 heterocycles. The monoisotopic (exact) mass is 264 g/mol. The number of carbonyl (C=O) groups is 1. The number of nitrogens with zero attached hydrogens (tertiary/aromatic N) is 3. The van der Waals surface area contributed by atoms with Crippen molar-refractivity contribution >= 4 is 5.91 Å². The van der Waals surface area contributed by atoms with E-state index in [0.29, 0.717) is 24.3 Å². The minimum atomic E-state index is 0.143. The summed E-state index contributed by atoms with van der Waals surface area (Å²) >= 11 is 0. The Morgan fingerprint density at radius 2 is 2.32 bits per heavy atom. The minimum Gasteiger partial charge on any atom is -0.352 e. The molecule has 1 N–H and O–H groups in total. The Balaban J connectivity index is 1.53. The molecular formula is C13H20N4O2. The number of rotatable bonds is 4. The summed E-state index contributed by atoms with van der Waals surface area (Å²) in [5.41, 5.74) is 0. The largest absolute Gasteiger partial charge is 0.352 e. The van der Waals surface area contributed by atoms with Gasteiger partial charge in [-0.1, -0.05) is 5.16 Å². The number of likely N-dealkylation sites (tertiary alicyclic amines) is 1. The predicted molar refractivity (Wildman–Crippen MR) is 68.6 cm³/mol. The van der Waals surface area contributed by atoms with E-state index in [2.05, 4.69) is 20.4 Å². The summed E-state index contributed by atoms with van der Waals surface area (Å²) in [6, 6.07) is 0.437. The molecule has 1 atom stereocenters. The van der Waals surface area contributed by atoms with Crippen LogP contribution in [0.2, 0.25) is 0 Å². The Morgan fingerprint density at radius 1 is 1.47 bits per heavy atom. The van der Waals surface area contributed by atoms with Gasteiger partial charge in [-0.2, -0.15) is 4.98 Å². The van der Waals surface area contributed by atoms with E-state index >= 15 is 0 Å². The maximum absolute atomic E-state index is 11.8. The molecule has 1 saturated heterocycles. The summed E-state index contributed by atoms with van der Waals surface area (Å²) in [7, 11) is 0.